The van der Waals surface area contributed by atoms with Crippen molar-refractivity contribution in [1.82, 2.24) is 10.3 Å². The fraction of sp³-hybridized carbons (Fsp3) is 0.500. The van der Waals surface area contributed by atoms with Gasteiger partial charge in [-0.2, -0.15) is 13.2 Å². The van der Waals surface area contributed by atoms with Crippen molar-refractivity contribution in [2.45, 2.75) is 32.0 Å². The van der Waals surface area contributed by atoms with Gasteiger partial charge in [-0.15, -0.1) is 0 Å². The third-order valence-corrected chi connectivity index (χ3v) is 2.49. The Kier molecular flexibility index (Phi) is 5.29. The number of carbonyl (C=O) groups is 1. The van der Waals surface area contributed by atoms with Gasteiger partial charge in [-0.3, -0.25) is 9.78 Å². The first-order chi connectivity index (χ1) is 8.84. The van der Waals surface area contributed by atoms with Crippen LogP contribution >= 0.6 is 0 Å². The fourth-order valence-electron chi connectivity index (χ4n) is 1.47. The van der Waals surface area contributed by atoms with Crippen molar-refractivity contribution in [3.05, 3.63) is 29.6 Å². The summed E-state index contributed by atoms with van der Waals surface area (Å²) in [5.41, 5.74) is -0.957. The average Bonchev–Trinajstić information content (AvgIpc) is 2.35. The van der Waals surface area contributed by atoms with Gasteiger partial charge in [0, 0.05) is 18.8 Å². The Hall–Kier alpha value is -1.63. The van der Waals surface area contributed by atoms with Gasteiger partial charge in [0.2, 0.25) is 0 Å². The molecule has 0 aliphatic heterocycles. The number of aliphatic hydroxyl groups excluding tert-OH is 1. The first-order valence-electron chi connectivity index (χ1n) is 5.79. The topological polar surface area (TPSA) is 62.2 Å². The highest BCUT2D eigenvalue weighted by atomic mass is 19.4. The normalized spacial score (nSPS) is 13.1. The van der Waals surface area contributed by atoms with Crippen LogP contribution in [0.3, 0.4) is 0 Å². The number of carbonyl (C=O) groups excluding carboxylic acids is 1. The molecule has 0 radical (unpaired) electrons. The third kappa shape index (κ3) is 4.86. The maximum absolute atomic E-state index is 12.3. The van der Waals surface area contributed by atoms with Gasteiger partial charge in [-0.25, -0.2) is 0 Å². The number of alkyl halides is 3. The molecule has 106 valence electrons. The van der Waals surface area contributed by atoms with Crippen molar-refractivity contribution in [1.29, 1.82) is 0 Å². The maximum atomic E-state index is 12.3. The second kappa shape index (κ2) is 6.51. The van der Waals surface area contributed by atoms with Crippen LogP contribution in [0.25, 0.3) is 0 Å². The zero-order valence-corrected chi connectivity index (χ0v) is 10.4. The third-order valence-electron chi connectivity index (χ3n) is 2.49. The highest BCUT2D eigenvalue weighted by molar-refractivity contribution is 5.94. The molecule has 1 aromatic heterocycles. The minimum absolute atomic E-state index is 0.0298. The van der Waals surface area contributed by atoms with Crippen molar-refractivity contribution in [3.8, 4) is 0 Å². The summed E-state index contributed by atoms with van der Waals surface area (Å²) in [5, 5.41) is 11.3. The fourth-order valence-corrected chi connectivity index (χ4v) is 1.47. The molecule has 0 fully saturated rings. The van der Waals surface area contributed by atoms with Crippen LogP contribution in [0.15, 0.2) is 18.3 Å². The second-order valence-corrected chi connectivity index (χ2v) is 4.17. The maximum Gasteiger partial charge on any atom is 0.433 e. The zero-order chi connectivity index (χ0) is 14.5. The molecule has 2 N–H and O–H groups in total. The number of rotatable bonds is 5. The molecule has 1 unspecified atom stereocenters. The molecule has 7 heteroatoms. The smallest absolute Gasteiger partial charge is 0.396 e. The van der Waals surface area contributed by atoms with Gasteiger partial charge in [0.15, 0.2) is 0 Å². The summed E-state index contributed by atoms with van der Waals surface area (Å²) in [6.07, 6.45) is -2.47. The molecule has 0 saturated carbocycles. The Morgan fingerprint density at radius 3 is 2.63 bits per heavy atom. The van der Waals surface area contributed by atoms with E-state index in [0.717, 1.165) is 18.3 Å². The van der Waals surface area contributed by atoms with E-state index in [4.69, 9.17) is 5.11 Å². The number of nitrogens with one attached hydrogen (secondary N) is 1. The lowest BCUT2D eigenvalue weighted by atomic mass is 10.1. The summed E-state index contributed by atoms with van der Waals surface area (Å²) < 4.78 is 36.9. The Bertz CT molecular complexity index is 418. The van der Waals surface area contributed by atoms with Crippen molar-refractivity contribution in [3.63, 3.8) is 0 Å². The van der Waals surface area contributed by atoms with E-state index in [1.54, 1.807) is 6.92 Å². The molecule has 0 bridgehead atoms. The van der Waals surface area contributed by atoms with E-state index in [9.17, 15) is 18.0 Å². The van der Waals surface area contributed by atoms with Gasteiger partial charge in [0.05, 0.1) is 5.56 Å². The van der Waals surface area contributed by atoms with Crippen LogP contribution < -0.4 is 5.32 Å². The van der Waals surface area contributed by atoms with Crippen LogP contribution in [-0.4, -0.2) is 28.6 Å². The standard InChI is InChI=1S/C12H15F3N2O2/c1-8(3-2-6-18)17-11(19)9-4-5-10(16-7-9)12(13,14)15/h4-5,7-8,18H,2-3,6H2,1H3,(H,17,19). The molecule has 1 aromatic rings. The van der Waals surface area contributed by atoms with Gasteiger partial charge in [-0.1, -0.05) is 0 Å². The van der Waals surface area contributed by atoms with E-state index in [2.05, 4.69) is 10.3 Å². The number of pyridine rings is 1. The summed E-state index contributed by atoms with van der Waals surface area (Å²) in [4.78, 5) is 14.9. The highest BCUT2D eigenvalue weighted by Gasteiger charge is 2.32. The molecule has 1 atom stereocenters. The Morgan fingerprint density at radius 1 is 1.47 bits per heavy atom. The van der Waals surface area contributed by atoms with Gasteiger partial charge in [0.25, 0.3) is 5.91 Å². The largest absolute Gasteiger partial charge is 0.433 e. The number of nitrogens with zero attached hydrogens (tertiary/aromatic N) is 1. The van der Waals surface area contributed by atoms with Crippen LogP contribution in [0.2, 0.25) is 0 Å². The summed E-state index contributed by atoms with van der Waals surface area (Å²) in [7, 11) is 0. The molecular weight excluding hydrogens is 261 g/mol. The van der Waals surface area contributed by atoms with Gasteiger partial charge in [-0.05, 0) is 31.9 Å². The lowest BCUT2D eigenvalue weighted by molar-refractivity contribution is -0.141. The van der Waals surface area contributed by atoms with Crippen molar-refractivity contribution >= 4 is 5.91 Å². The van der Waals surface area contributed by atoms with E-state index in [1.807, 2.05) is 0 Å². The molecule has 0 aromatic carbocycles. The molecule has 0 saturated heterocycles. The predicted octanol–water partition coefficient (Wildman–Crippen LogP) is 1.99. The molecular formula is C12H15F3N2O2. The number of aromatic nitrogens is 1. The summed E-state index contributed by atoms with van der Waals surface area (Å²) >= 11 is 0. The molecule has 0 aliphatic carbocycles. The van der Waals surface area contributed by atoms with E-state index >= 15 is 0 Å². The number of amides is 1. The number of hydrogen-bond donors (Lipinski definition) is 2. The molecule has 0 spiro atoms. The quantitative estimate of drug-likeness (QED) is 0.864. The van der Waals surface area contributed by atoms with E-state index in [0.29, 0.717) is 12.8 Å². The summed E-state index contributed by atoms with van der Waals surface area (Å²) in [5.74, 6) is -0.480. The van der Waals surface area contributed by atoms with Crippen LogP contribution in [0.1, 0.15) is 35.8 Å². The van der Waals surface area contributed by atoms with Crippen molar-refractivity contribution < 1.29 is 23.1 Å². The van der Waals surface area contributed by atoms with Crippen LogP contribution in [-0.2, 0) is 6.18 Å². The lowest BCUT2D eigenvalue weighted by Crippen LogP contribution is -2.32. The first kappa shape index (κ1) is 15.4. The van der Waals surface area contributed by atoms with Crippen LogP contribution in [0.4, 0.5) is 13.2 Å². The second-order valence-electron chi connectivity index (χ2n) is 4.17. The molecule has 19 heavy (non-hydrogen) atoms. The van der Waals surface area contributed by atoms with E-state index in [1.165, 1.54) is 0 Å². The molecule has 1 amide bonds. The van der Waals surface area contributed by atoms with Gasteiger partial charge >= 0.3 is 6.18 Å². The molecule has 0 aliphatic rings. The number of aliphatic hydroxyl groups is 1. The van der Waals surface area contributed by atoms with Gasteiger partial charge < -0.3 is 10.4 Å². The lowest BCUT2D eigenvalue weighted by Gasteiger charge is -2.13. The van der Waals surface area contributed by atoms with Crippen molar-refractivity contribution in [2.75, 3.05) is 6.61 Å². The minimum atomic E-state index is -4.51. The number of hydrogen-bond acceptors (Lipinski definition) is 3. The average molecular weight is 276 g/mol. The monoisotopic (exact) mass is 276 g/mol. The van der Waals surface area contributed by atoms with Gasteiger partial charge in [0.1, 0.15) is 5.69 Å². The number of halogens is 3. The molecule has 1 heterocycles. The van der Waals surface area contributed by atoms with E-state index in [-0.39, 0.29) is 18.2 Å². The Morgan fingerprint density at radius 2 is 2.16 bits per heavy atom. The SMILES string of the molecule is CC(CCCO)NC(=O)c1ccc(C(F)(F)F)nc1. The first-order valence-corrected chi connectivity index (χ1v) is 5.79. The Labute approximate surface area is 108 Å². The Balaban J connectivity index is 2.63. The van der Waals surface area contributed by atoms with Crippen LogP contribution in [0.5, 0.6) is 0 Å². The minimum Gasteiger partial charge on any atom is -0.396 e. The van der Waals surface area contributed by atoms with E-state index < -0.39 is 17.8 Å². The summed E-state index contributed by atoms with van der Waals surface area (Å²) in [6, 6.07) is 1.69. The predicted molar refractivity (Wildman–Crippen MR) is 62.5 cm³/mol. The van der Waals surface area contributed by atoms with Crippen LogP contribution in [0, 0.1) is 0 Å². The van der Waals surface area contributed by atoms with Crippen molar-refractivity contribution in [2.24, 2.45) is 0 Å². The summed E-state index contributed by atoms with van der Waals surface area (Å²) in [6.45, 7) is 1.78. The molecule has 1 rings (SSSR count). The highest BCUT2D eigenvalue weighted by Crippen LogP contribution is 2.27. The zero-order valence-electron chi connectivity index (χ0n) is 10.4. The molecule has 4 nitrogen and oxygen atoms in total.